The summed E-state index contributed by atoms with van der Waals surface area (Å²) in [4.78, 5) is 14.2. The fourth-order valence-electron chi connectivity index (χ4n) is 2.24. The lowest BCUT2D eigenvalue weighted by Crippen LogP contribution is -2.44. The first kappa shape index (κ1) is 13.9. The summed E-state index contributed by atoms with van der Waals surface area (Å²) in [5.41, 5.74) is 0.517. The molecule has 0 saturated carbocycles. The monoisotopic (exact) mass is 277 g/mol. The molecule has 0 radical (unpaired) electrons. The smallest absolute Gasteiger partial charge is 0.253 e. The second-order valence-electron chi connectivity index (χ2n) is 4.66. The summed E-state index contributed by atoms with van der Waals surface area (Å²) in [7, 11) is 0. The lowest BCUT2D eigenvalue weighted by molar-refractivity contribution is 0.0914. The zero-order chi connectivity index (χ0) is 13.7. The van der Waals surface area contributed by atoms with Crippen LogP contribution in [0.15, 0.2) is 24.3 Å². The molecule has 0 bridgehead atoms. The highest BCUT2D eigenvalue weighted by Gasteiger charge is 2.21. The van der Waals surface area contributed by atoms with Crippen molar-refractivity contribution in [3.63, 3.8) is 0 Å². The molecule has 0 spiro atoms. The van der Waals surface area contributed by atoms with Gasteiger partial charge in [0.15, 0.2) is 0 Å². The highest BCUT2D eigenvalue weighted by atomic mass is 35.5. The SMILES string of the molecule is N#CCN1CCC(NC(=O)c2ccccc2Cl)CC1. The highest BCUT2D eigenvalue weighted by molar-refractivity contribution is 6.33. The van der Waals surface area contributed by atoms with Crippen LogP contribution in [0.25, 0.3) is 0 Å². The van der Waals surface area contributed by atoms with Crippen molar-refractivity contribution in [2.45, 2.75) is 18.9 Å². The number of carbonyl (C=O) groups is 1. The van der Waals surface area contributed by atoms with Crippen LogP contribution in [-0.2, 0) is 0 Å². The van der Waals surface area contributed by atoms with Crippen LogP contribution >= 0.6 is 11.6 Å². The maximum absolute atomic E-state index is 12.1. The van der Waals surface area contributed by atoms with Crippen LogP contribution in [0.4, 0.5) is 0 Å². The summed E-state index contributed by atoms with van der Waals surface area (Å²) in [6, 6.07) is 9.36. The van der Waals surface area contributed by atoms with E-state index in [0.29, 0.717) is 17.1 Å². The molecule has 1 aromatic rings. The second-order valence-corrected chi connectivity index (χ2v) is 5.07. The number of nitrogens with one attached hydrogen (secondary N) is 1. The minimum atomic E-state index is -0.121. The number of carbonyl (C=O) groups excluding carboxylic acids is 1. The first-order chi connectivity index (χ1) is 9.20. The van der Waals surface area contributed by atoms with Gasteiger partial charge in [-0.05, 0) is 25.0 Å². The van der Waals surface area contributed by atoms with E-state index in [1.165, 1.54) is 0 Å². The zero-order valence-corrected chi connectivity index (χ0v) is 11.4. The third-order valence-corrected chi connectivity index (χ3v) is 3.67. The molecule has 1 aliphatic heterocycles. The molecule has 1 aromatic carbocycles. The minimum Gasteiger partial charge on any atom is -0.349 e. The van der Waals surface area contributed by atoms with E-state index in [9.17, 15) is 4.79 Å². The fourth-order valence-corrected chi connectivity index (χ4v) is 2.47. The Hall–Kier alpha value is -1.57. The average molecular weight is 278 g/mol. The van der Waals surface area contributed by atoms with Crippen LogP contribution < -0.4 is 5.32 Å². The number of rotatable bonds is 3. The molecule has 1 fully saturated rings. The van der Waals surface area contributed by atoms with E-state index in [4.69, 9.17) is 16.9 Å². The Morgan fingerprint density at radius 3 is 2.74 bits per heavy atom. The summed E-state index contributed by atoms with van der Waals surface area (Å²) in [5, 5.41) is 12.1. The van der Waals surface area contributed by atoms with Crippen LogP contribution in [0.5, 0.6) is 0 Å². The molecular formula is C14H16ClN3O. The van der Waals surface area contributed by atoms with E-state index >= 15 is 0 Å². The van der Waals surface area contributed by atoms with E-state index in [-0.39, 0.29) is 11.9 Å². The van der Waals surface area contributed by atoms with Gasteiger partial charge in [-0.15, -0.1) is 0 Å². The summed E-state index contributed by atoms with van der Waals surface area (Å²) >= 11 is 6.00. The molecule has 1 aliphatic rings. The molecule has 4 nitrogen and oxygen atoms in total. The van der Waals surface area contributed by atoms with Gasteiger partial charge in [-0.3, -0.25) is 9.69 Å². The maximum atomic E-state index is 12.1. The highest BCUT2D eigenvalue weighted by Crippen LogP contribution is 2.16. The van der Waals surface area contributed by atoms with Gasteiger partial charge in [0.05, 0.1) is 23.2 Å². The molecule has 2 rings (SSSR count). The average Bonchev–Trinajstić information content (AvgIpc) is 2.42. The van der Waals surface area contributed by atoms with Crippen molar-refractivity contribution >= 4 is 17.5 Å². The third kappa shape index (κ3) is 3.69. The molecule has 100 valence electrons. The van der Waals surface area contributed by atoms with Crippen LogP contribution in [-0.4, -0.2) is 36.5 Å². The number of piperidine rings is 1. The Bertz CT molecular complexity index is 490. The number of halogens is 1. The zero-order valence-electron chi connectivity index (χ0n) is 10.6. The van der Waals surface area contributed by atoms with Crippen molar-refractivity contribution < 1.29 is 4.79 Å². The molecule has 1 saturated heterocycles. The number of benzene rings is 1. The first-order valence-corrected chi connectivity index (χ1v) is 6.73. The van der Waals surface area contributed by atoms with Crippen molar-refractivity contribution in [2.24, 2.45) is 0 Å². The van der Waals surface area contributed by atoms with Gasteiger partial charge in [-0.25, -0.2) is 0 Å². The largest absolute Gasteiger partial charge is 0.349 e. The van der Waals surface area contributed by atoms with Gasteiger partial charge in [-0.2, -0.15) is 5.26 Å². The van der Waals surface area contributed by atoms with Gasteiger partial charge in [0.1, 0.15) is 0 Å². The lowest BCUT2D eigenvalue weighted by Gasteiger charge is -2.30. The Balaban J connectivity index is 1.88. The Morgan fingerprint density at radius 1 is 1.42 bits per heavy atom. The number of nitrogens with zero attached hydrogens (tertiary/aromatic N) is 2. The van der Waals surface area contributed by atoms with Crippen molar-refractivity contribution in [2.75, 3.05) is 19.6 Å². The van der Waals surface area contributed by atoms with Crippen molar-refractivity contribution in [3.8, 4) is 6.07 Å². The molecule has 1 heterocycles. The predicted molar refractivity (Wildman–Crippen MR) is 74.0 cm³/mol. The van der Waals surface area contributed by atoms with E-state index < -0.39 is 0 Å². The molecule has 0 unspecified atom stereocenters. The van der Waals surface area contributed by atoms with Gasteiger partial charge in [0.25, 0.3) is 5.91 Å². The molecule has 19 heavy (non-hydrogen) atoms. The number of hydrogen-bond donors (Lipinski definition) is 1. The summed E-state index contributed by atoms with van der Waals surface area (Å²) in [6.07, 6.45) is 1.75. The quantitative estimate of drug-likeness (QED) is 0.861. The van der Waals surface area contributed by atoms with Crippen LogP contribution in [0.3, 0.4) is 0 Å². The topological polar surface area (TPSA) is 56.1 Å². The van der Waals surface area contributed by atoms with Crippen LogP contribution in [0.2, 0.25) is 5.02 Å². The van der Waals surface area contributed by atoms with Gasteiger partial charge in [0.2, 0.25) is 0 Å². The number of hydrogen-bond acceptors (Lipinski definition) is 3. The van der Waals surface area contributed by atoms with Crippen LogP contribution in [0, 0.1) is 11.3 Å². The van der Waals surface area contributed by atoms with Gasteiger partial charge >= 0.3 is 0 Å². The van der Waals surface area contributed by atoms with E-state index in [1.807, 2.05) is 0 Å². The van der Waals surface area contributed by atoms with E-state index in [0.717, 1.165) is 25.9 Å². The lowest BCUT2D eigenvalue weighted by atomic mass is 10.0. The molecule has 0 atom stereocenters. The number of amides is 1. The molecule has 0 aromatic heterocycles. The van der Waals surface area contributed by atoms with Gasteiger partial charge in [0, 0.05) is 19.1 Å². The maximum Gasteiger partial charge on any atom is 0.253 e. The first-order valence-electron chi connectivity index (χ1n) is 6.35. The molecular weight excluding hydrogens is 262 g/mol. The fraction of sp³-hybridized carbons (Fsp3) is 0.429. The summed E-state index contributed by atoms with van der Waals surface area (Å²) in [5.74, 6) is -0.121. The van der Waals surface area contributed by atoms with Gasteiger partial charge in [-0.1, -0.05) is 23.7 Å². The predicted octanol–water partition coefficient (Wildman–Crippen LogP) is 2.06. The Kier molecular flexibility index (Phi) is 4.78. The number of nitriles is 1. The third-order valence-electron chi connectivity index (χ3n) is 3.34. The van der Waals surface area contributed by atoms with Crippen molar-refractivity contribution in [1.82, 2.24) is 10.2 Å². The van der Waals surface area contributed by atoms with Gasteiger partial charge < -0.3 is 5.32 Å². The summed E-state index contributed by atoms with van der Waals surface area (Å²) in [6.45, 7) is 2.16. The molecule has 1 N–H and O–H groups in total. The second kappa shape index (κ2) is 6.55. The molecule has 5 heteroatoms. The molecule has 1 amide bonds. The number of likely N-dealkylation sites (tertiary alicyclic amines) is 1. The van der Waals surface area contributed by atoms with E-state index in [1.54, 1.807) is 24.3 Å². The van der Waals surface area contributed by atoms with Crippen molar-refractivity contribution in [1.29, 1.82) is 5.26 Å². The normalized spacial score (nSPS) is 16.8. The Labute approximate surface area is 118 Å². The standard InChI is InChI=1S/C14H16ClN3O/c15-13-4-2-1-3-12(13)14(19)17-11-5-8-18(9-6-11)10-7-16/h1-4,11H,5-6,8-10H2,(H,17,19). The Morgan fingerprint density at radius 2 is 2.11 bits per heavy atom. The van der Waals surface area contributed by atoms with E-state index in [2.05, 4.69) is 16.3 Å². The molecule has 0 aliphatic carbocycles. The minimum absolute atomic E-state index is 0.121. The summed E-state index contributed by atoms with van der Waals surface area (Å²) < 4.78 is 0. The van der Waals surface area contributed by atoms with Crippen LogP contribution in [0.1, 0.15) is 23.2 Å². The van der Waals surface area contributed by atoms with Crippen molar-refractivity contribution in [3.05, 3.63) is 34.9 Å².